The first kappa shape index (κ1) is 16.4. The third-order valence-corrected chi connectivity index (χ3v) is 6.36. The summed E-state index contributed by atoms with van der Waals surface area (Å²) in [6.07, 6.45) is 1.66. The van der Waals surface area contributed by atoms with Crippen LogP contribution in [0.3, 0.4) is 0 Å². The minimum atomic E-state index is -0.397. The number of fused-ring (bicyclic) bond motifs is 10. The third kappa shape index (κ3) is 1.88. The van der Waals surface area contributed by atoms with Crippen LogP contribution in [0.2, 0.25) is 0 Å². The molecule has 5 heteroatoms. The summed E-state index contributed by atoms with van der Waals surface area (Å²) in [6, 6.07) is 10.1. The van der Waals surface area contributed by atoms with Crippen molar-refractivity contribution in [1.29, 1.82) is 0 Å². The summed E-state index contributed by atoms with van der Waals surface area (Å²) in [5.41, 5.74) is 3.93. The van der Waals surface area contributed by atoms with Crippen molar-refractivity contribution in [2.24, 2.45) is 0 Å². The van der Waals surface area contributed by atoms with Gasteiger partial charge in [-0.1, -0.05) is 32.9 Å². The maximum absolute atomic E-state index is 15.7. The van der Waals surface area contributed by atoms with Gasteiger partial charge in [-0.25, -0.2) is 14.4 Å². The predicted molar refractivity (Wildman–Crippen MR) is 107 cm³/mol. The van der Waals surface area contributed by atoms with Crippen LogP contribution < -0.4 is 0 Å². The molecule has 2 bridgehead atoms. The number of benzene rings is 2. The molecule has 1 saturated heterocycles. The molecule has 4 heterocycles. The van der Waals surface area contributed by atoms with Crippen molar-refractivity contribution in [1.82, 2.24) is 14.4 Å². The molecule has 28 heavy (non-hydrogen) atoms. The lowest BCUT2D eigenvalue weighted by atomic mass is 9.83. The van der Waals surface area contributed by atoms with E-state index >= 15 is 4.39 Å². The number of nitrogens with zero attached hydrogens (tertiary/aromatic N) is 3. The molecule has 2 aliphatic heterocycles. The molecule has 2 atom stereocenters. The van der Waals surface area contributed by atoms with Gasteiger partial charge in [0.15, 0.2) is 5.82 Å². The highest BCUT2D eigenvalue weighted by Gasteiger charge is 2.49. The lowest BCUT2D eigenvalue weighted by molar-refractivity contribution is -0.00748. The molecule has 2 aromatic carbocycles. The Kier molecular flexibility index (Phi) is 2.87. The number of rotatable bonds is 0. The molecule has 4 aromatic rings. The molecular weight excluding hydrogens is 353 g/mol. The number of hydrogen-bond acceptors (Lipinski definition) is 3. The Morgan fingerprint density at radius 3 is 2.79 bits per heavy atom. The van der Waals surface area contributed by atoms with Gasteiger partial charge in [0.1, 0.15) is 17.0 Å². The Morgan fingerprint density at radius 2 is 2.00 bits per heavy atom. The fourth-order valence-electron chi connectivity index (χ4n) is 5.00. The van der Waals surface area contributed by atoms with Gasteiger partial charge in [0, 0.05) is 16.4 Å². The molecular formula is C23H22FN3O. The molecule has 142 valence electrons. The number of halogens is 1. The predicted octanol–water partition coefficient (Wildman–Crippen LogP) is 5.55. The summed E-state index contributed by atoms with van der Waals surface area (Å²) in [6.45, 7) is 8.47. The van der Waals surface area contributed by atoms with Crippen molar-refractivity contribution in [2.45, 2.75) is 57.7 Å². The highest BCUT2D eigenvalue weighted by molar-refractivity contribution is 5.97. The van der Waals surface area contributed by atoms with E-state index in [9.17, 15) is 0 Å². The second-order valence-corrected chi connectivity index (χ2v) is 9.37. The summed E-state index contributed by atoms with van der Waals surface area (Å²) in [5, 5.41) is 0.941. The van der Waals surface area contributed by atoms with E-state index in [1.54, 1.807) is 0 Å². The first-order valence-corrected chi connectivity index (χ1v) is 9.90. The molecule has 0 radical (unpaired) electrons. The third-order valence-electron chi connectivity index (χ3n) is 6.36. The topological polar surface area (TPSA) is 39.4 Å². The van der Waals surface area contributed by atoms with Crippen molar-refractivity contribution in [3.63, 3.8) is 0 Å². The normalized spacial score (nSPS) is 24.0. The average Bonchev–Trinajstić information content (AvgIpc) is 3.30. The van der Waals surface area contributed by atoms with E-state index in [2.05, 4.69) is 38.2 Å². The van der Waals surface area contributed by atoms with Crippen LogP contribution in [0.15, 0.2) is 30.3 Å². The standard InChI is InChI=1S/C23H22FN3O/c1-22(2,3)21-25-14-8-6-5-7-12(14)20-26-19-15(27(20)21)11-13-17(18(19)24)16-9-10-23(13,4)28-16/h5-8,11,16H,9-10H2,1-4H3. The lowest BCUT2D eigenvalue weighted by Crippen LogP contribution is -2.20. The molecule has 0 amide bonds. The summed E-state index contributed by atoms with van der Waals surface area (Å²) < 4.78 is 23.9. The highest BCUT2D eigenvalue weighted by Crippen LogP contribution is 2.56. The fraction of sp³-hybridized carbons (Fsp3) is 0.391. The van der Waals surface area contributed by atoms with Crippen LogP contribution >= 0.6 is 0 Å². The van der Waals surface area contributed by atoms with Gasteiger partial charge in [-0.2, -0.15) is 0 Å². The zero-order chi connectivity index (χ0) is 19.4. The van der Waals surface area contributed by atoms with Crippen molar-refractivity contribution < 1.29 is 9.13 Å². The van der Waals surface area contributed by atoms with Gasteiger partial charge in [0.05, 0.1) is 22.7 Å². The molecule has 0 spiro atoms. The van der Waals surface area contributed by atoms with Crippen molar-refractivity contribution in [2.75, 3.05) is 0 Å². The molecule has 6 rings (SSSR count). The maximum Gasteiger partial charge on any atom is 0.157 e. The average molecular weight is 375 g/mol. The Balaban J connectivity index is 1.85. The van der Waals surface area contributed by atoms with Crippen molar-refractivity contribution >= 4 is 27.6 Å². The van der Waals surface area contributed by atoms with E-state index in [-0.39, 0.29) is 17.3 Å². The first-order chi connectivity index (χ1) is 13.3. The van der Waals surface area contributed by atoms with Crippen molar-refractivity contribution in [3.8, 4) is 0 Å². The zero-order valence-corrected chi connectivity index (χ0v) is 16.5. The summed E-state index contributed by atoms with van der Waals surface area (Å²) >= 11 is 0. The summed E-state index contributed by atoms with van der Waals surface area (Å²) in [4.78, 5) is 9.75. The van der Waals surface area contributed by atoms with Crippen LogP contribution in [0.4, 0.5) is 4.39 Å². The Bertz CT molecular complexity index is 1320. The van der Waals surface area contributed by atoms with Crippen LogP contribution in [-0.4, -0.2) is 14.4 Å². The van der Waals surface area contributed by atoms with E-state index in [0.717, 1.165) is 46.3 Å². The fourth-order valence-corrected chi connectivity index (χ4v) is 5.00. The van der Waals surface area contributed by atoms with Crippen molar-refractivity contribution in [3.05, 3.63) is 53.1 Å². The van der Waals surface area contributed by atoms with E-state index in [1.807, 2.05) is 24.3 Å². The monoisotopic (exact) mass is 375 g/mol. The van der Waals surface area contributed by atoms with Crippen LogP contribution in [-0.2, 0) is 15.8 Å². The van der Waals surface area contributed by atoms with Gasteiger partial charge < -0.3 is 4.74 Å². The smallest absolute Gasteiger partial charge is 0.157 e. The molecule has 4 nitrogen and oxygen atoms in total. The summed E-state index contributed by atoms with van der Waals surface area (Å²) in [5.74, 6) is 0.658. The van der Waals surface area contributed by atoms with Gasteiger partial charge in [-0.05, 0) is 43.5 Å². The SMILES string of the molecule is CC(C)(C)c1nc2ccccc2c2nc3c(F)c4c(cc3n12)C1(C)CCC4O1. The van der Waals surface area contributed by atoms with E-state index in [4.69, 9.17) is 14.7 Å². The lowest BCUT2D eigenvalue weighted by Gasteiger charge is -2.23. The highest BCUT2D eigenvalue weighted by atomic mass is 19.1. The van der Waals surface area contributed by atoms with Gasteiger partial charge in [0.2, 0.25) is 0 Å². The van der Waals surface area contributed by atoms with Crippen LogP contribution in [0.25, 0.3) is 27.6 Å². The number of aromatic nitrogens is 3. The molecule has 0 saturated carbocycles. The van der Waals surface area contributed by atoms with Gasteiger partial charge in [-0.15, -0.1) is 0 Å². The van der Waals surface area contributed by atoms with Gasteiger partial charge in [-0.3, -0.25) is 4.40 Å². The number of ether oxygens (including phenoxy) is 1. The van der Waals surface area contributed by atoms with E-state index < -0.39 is 5.60 Å². The zero-order valence-electron chi connectivity index (χ0n) is 16.5. The largest absolute Gasteiger partial charge is 0.363 e. The number of para-hydroxylation sites is 1. The molecule has 0 N–H and O–H groups in total. The second-order valence-electron chi connectivity index (χ2n) is 9.37. The number of hydrogen-bond donors (Lipinski definition) is 0. The van der Waals surface area contributed by atoms with Crippen LogP contribution in [0.1, 0.15) is 63.6 Å². The quantitative estimate of drug-likeness (QED) is 0.404. The Labute approximate surface area is 162 Å². The second kappa shape index (κ2) is 4.90. The molecule has 1 fully saturated rings. The first-order valence-electron chi connectivity index (χ1n) is 9.90. The number of imidazole rings is 1. The van der Waals surface area contributed by atoms with Gasteiger partial charge >= 0.3 is 0 Å². The molecule has 0 aliphatic carbocycles. The van der Waals surface area contributed by atoms with Crippen LogP contribution in [0, 0.1) is 5.82 Å². The Morgan fingerprint density at radius 1 is 1.21 bits per heavy atom. The van der Waals surface area contributed by atoms with Gasteiger partial charge in [0.25, 0.3) is 0 Å². The minimum absolute atomic E-state index is 0.147. The summed E-state index contributed by atoms with van der Waals surface area (Å²) in [7, 11) is 0. The molecule has 2 aliphatic rings. The maximum atomic E-state index is 15.7. The van der Waals surface area contributed by atoms with E-state index in [1.165, 1.54) is 0 Å². The van der Waals surface area contributed by atoms with E-state index in [0.29, 0.717) is 11.1 Å². The Hall–Kier alpha value is -2.53. The minimum Gasteiger partial charge on any atom is -0.363 e. The molecule has 2 aromatic heterocycles. The van der Waals surface area contributed by atoms with Crippen LogP contribution in [0.5, 0.6) is 0 Å². The molecule has 2 unspecified atom stereocenters.